The van der Waals surface area contributed by atoms with Gasteiger partial charge in [-0.25, -0.2) is 4.98 Å². The van der Waals surface area contributed by atoms with Gasteiger partial charge in [0, 0.05) is 44.9 Å². The van der Waals surface area contributed by atoms with Gasteiger partial charge in [-0.3, -0.25) is 9.59 Å². The number of ketones is 1. The number of morpholine rings is 1. The quantitative estimate of drug-likeness (QED) is 0.753. The van der Waals surface area contributed by atoms with Crippen LogP contribution in [0.3, 0.4) is 0 Å². The number of amides is 1. The molecule has 1 aromatic heterocycles. The van der Waals surface area contributed by atoms with Crippen molar-refractivity contribution < 1.29 is 14.3 Å². The van der Waals surface area contributed by atoms with Crippen molar-refractivity contribution in [2.75, 3.05) is 44.3 Å². The maximum Gasteiger partial charge on any atom is 0.219 e. The van der Waals surface area contributed by atoms with Crippen LogP contribution in [0.15, 0.2) is 54.2 Å². The Labute approximate surface area is 170 Å². The Morgan fingerprint density at radius 1 is 1.14 bits per heavy atom. The summed E-state index contributed by atoms with van der Waals surface area (Å²) in [6.07, 6.45) is 3.65. The number of likely N-dealkylation sites (tertiary alicyclic amines) is 1. The van der Waals surface area contributed by atoms with Gasteiger partial charge >= 0.3 is 0 Å². The summed E-state index contributed by atoms with van der Waals surface area (Å²) < 4.78 is 5.38. The molecule has 0 spiro atoms. The van der Waals surface area contributed by atoms with Gasteiger partial charge in [-0.05, 0) is 29.3 Å². The number of rotatable bonds is 3. The first-order valence-corrected chi connectivity index (χ1v) is 9.96. The number of aromatic nitrogens is 1. The molecule has 6 heteroatoms. The number of hydrogen-bond donors (Lipinski definition) is 0. The highest BCUT2D eigenvalue weighted by atomic mass is 16.5. The van der Waals surface area contributed by atoms with Gasteiger partial charge in [0.05, 0.1) is 19.1 Å². The Kier molecular flexibility index (Phi) is 5.71. The second-order valence-corrected chi connectivity index (χ2v) is 7.45. The van der Waals surface area contributed by atoms with E-state index in [0.29, 0.717) is 31.9 Å². The summed E-state index contributed by atoms with van der Waals surface area (Å²) in [5.41, 5.74) is 2.44. The molecule has 1 atom stereocenters. The number of ether oxygens (including phenoxy) is 1. The summed E-state index contributed by atoms with van der Waals surface area (Å²) in [6, 6.07) is 13.6. The van der Waals surface area contributed by atoms with Crippen LogP contribution in [0.25, 0.3) is 6.08 Å². The van der Waals surface area contributed by atoms with E-state index in [2.05, 4.69) is 9.88 Å². The molecule has 6 nitrogen and oxygen atoms in total. The van der Waals surface area contributed by atoms with Gasteiger partial charge in [0.2, 0.25) is 5.91 Å². The van der Waals surface area contributed by atoms with Crippen LogP contribution in [-0.4, -0.2) is 61.0 Å². The van der Waals surface area contributed by atoms with Gasteiger partial charge in [0.1, 0.15) is 5.82 Å². The highest BCUT2D eigenvalue weighted by Crippen LogP contribution is 2.28. The molecule has 150 valence electrons. The molecule has 3 heterocycles. The van der Waals surface area contributed by atoms with Crippen LogP contribution in [0, 0.1) is 0 Å². The lowest BCUT2D eigenvalue weighted by molar-refractivity contribution is -0.131. The van der Waals surface area contributed by atoms with Crippen molar-refractivity contribution in [3.63, 3.8) is 0 Å². The normalized spacial score (nSPS) is 21.5. The first kappa shape index (κ1) is 19.3. The Morgan fingerprint density at radius 3 is 2.55 bits per heavy atom. The Balaban J connectivity index is 1.58. The predicted octanol–water partition coefficient (Wildman–Crippen LogP) is 2.52. The van der Waals surface area contributed by atoms with Crippen molar-refractivity contribution in [2.45, 2.75) is 12.8 Å². The number of anilines is 1. The summed E-state index contributed by atoms with van der Waals surface area (Å²) in [7, 11) is 0. The van der Waals surface area contributed by atoms with E-state index in [4.69, 9.17) is 4.74 Å². The first-order chi connectivity index (χ1) is 14.1. The lowest BCUT2D eigenvalue weighted by Crippen LogP contribution is -2.43. The van der Waals surface area contributed by atoms with E-state index in [9.17, 15) is 9.59 Å². The van der Waals surface area contributed by atoms with Crippen LogP contribution in [0.4, 0.5) is 5.82 Å². The fraction of sp³-hybridized carbons (Fsp3) is 0.348. The van der Waals surface area contributed by atoms with Crippen LogP contribution in [-0.2, 0) is 14.3 Å². The minimum atomic E-state index is -0.333. The van der Waals surface area contributed by atoms with Crippen LogP contribution in [0.5, 0.6) is 0 Å². The summed E-state index contributed by atoms with van der Waals surface area (Å²) >= 11 is 0. The standard InChI is InChI=1S/C23H25N3O3/c1-17(27)26-15-20(23(28)21(16-26)19-5-3-2-4-6-19)13-18-7-8-22(24-14-18)25-9-11-29-12-10-25/h2-8,13-14,21H,9-12,15-16H2,1H3/b20-13+. The average molecular weight is 391 g/mol. The summed E-state index contributed by atoms with van der Waals surface area (Å²) in [6.45, 7) is 5.39. The molecular weight excluding hydrogens is 366 g/mol. The molecule has 2 aromatic rings. The predicted molar refractivity (Wildman–Crippen MR) is 112 cm³/mol. The van der Waals surface area contributed by atoms with Crippen LogP contribution >= 0.6 is 0 Å². The van der Waals surface area contributed by atoms with Crippen molar-refractivity contribution in [1.29, 1.82) is 0 Å². The number of Topliss-reactive ketones (excluding diaryl/α,β-unsaturated/α-hetero) is 1. The molecule has 1 unspecified atom stereocenters. The van der Waals surface area contributed by atoms with E-state index in [0.717, 1.165) is 30.0 Å². The minimum absolute atomic E-state index is 0.0230. The van der Waals surface area contributed by atoms with Gasteiger partial charge in [0.25, 0.3) is 0 Å². The maximum absolute atomic E-state index is 13.2. The number of hydrogen-bond acceptors (Lipinski definition) is 5. The van der Waals surface area contributed by atoms with Crippen LogP contribution in [0.2, 0.25) is 0 Å². The van der Waals surface area contributed by atoms with Crippen molar-refractivity contribution in [2.24, 2.45) is 0 Å². The van der Waals surface area contributed by atoms with E-state index < -0.39 is 0 Å². The zero-order valence-electron chi connectivity index (χ0n) is 16.6. The lowest BCUT2D eigenvalue weighted by Gasteiger charge is -2.33. The summed E-state index contributed by atoms with van der Waals surface area (Å²) in [5.74, 6) is 0.634. The molecule has 1 amide bonds. The fourth-order valence-corrected chi connectivity index (χ4v) is 3.84. The minimum Gasteiger partial charge on any atom is -0.378 e. The van der Waals surface area contributed by atoms with E-state index in [1.165, 1.54) is 0 Å². The molecule has 2 aliphatic heterocycles. The Hall–Kier alpha value is -2.99. The Morgan fingerprint density at radius 2 is 1.90 bits per heavy atom. The number of carbonyl (C=O) groups is 2. The highest BCUT2D eigenvalue weighted by Gasteiger charge is 2.33. The fourth-order valence-electron chi connectivity index (χ4n) is 3.84. The molecular formula is C23H25N3O3. The second-order valence-electron chi connectivity index (χ2n) is 7.45. The molecule has 0 bridgehead atoms. The molecule has 2 saturated heterocycles. The van der Waals surface area contributed by atoms with Crippen molar-refractivity contribution in [3.05, 3.63) is 65.4 Å². The largest absolute Gasteiger partial charge is 0.378 e. The van der Waals surface area contributed by atoms with Crippen LogP contribution < -0.4 is 4.90 Å². The van der Waals surface area contributed by atoms with Crippen molar-refractivity contribution >= 4 is 23.6 Å². The third kappa shape index (κ3) is 4.38. The number of nitrogens with zero attached hydrogens (tertiary/aromatic N) is 3. The van der Waals surface area contributed by atoms with Gasteiger partial charge in [0.15, 0.2) is 5.78 Å². The summed E-state index contributed by atoms with van der Waals surface area (Å²) in [5, 5.41) is 0. The first-order valence-electron chi connectivity index (χ1n) is 9.96. The number of benzene rings is 1. The van der Waals surface area contributed by atoms with Crippen molar-refractivity contribution in [1.82, 2.24) is 9.88 Å². The monoisotopic (exact) mass is 391 g/mol. The molecule has 0 aliphatic carbocycles. The van der Waals surface area contributed by atoms with Gasteiger partial charge in [-0.1, -0.05) is 30.3 Å². The maximum atomic E-state index is 13.2. The lowest BCUT2D eigenvalue weighted by atomic mass is 9.86. The number of piperidine rings is 1. The zero-order chi connectivity index (χ0) is 20.2. The van der Waals surface area contributed by atoms with Crippen LogP contribution in [0.1, 0.15) is 24.0 Å². The SMILES string of the molecule is CC(=O)N1C/C(=C\c2ccc(N3CCOCC3)nc2)C(=O)C(c2ccccc2)C1. The Bertz CT molecular complexity index is 903. The van der Waals surface area contributed by atoms with E-state index in [1.54, 1.807) is 18.0 Å². The van der Waals surface area contributed by atoms with Gasteiger partial charge in [-0.2, -0.15) is 0 Å². The molecule has 29 heavy (non-hydrogen) atoms. The smallest absolute Gasteiger partial charge is 0.219 e. The topological polar surface area (TPSA) is 62.7 Å². The molecule has 2 fully saturated rings. The number of carbonyl (C=O) groups excluding carboxylic acids is 2. The zero-order valence-corrected chi connectivity index (χ0v) is 16.6. The highest BCUT2D eigenvalue weighted by molar-refractivity contribution is 6.06. The molecule has 0 saturated carbocycles. The van der Waals surface area contributed by atoms with E-state index >= 15 is 0 Å². The van der Waals surface area contributed by atoms with Crippen molar-refractivity contribution in [3.8, 4) is 0 Å². The van der Waals surface area contributed by atoms with Gasteiger partial charge in [-0.15, -0.1) is 0 Å². The molecule has 1 aromatic carbocycles. The average Bonchev–Trinajstić information content (AvgIpc) is 2.77. The summed E-state index contributed by atoms with van der Waals surface area (Å²) in [4.78, 5) is 33.7. The third-order valence-electron chi connectivity index (χ3n) is 5.49. The number of pyridine rings is 1. The third-order valence-corrected chi connectivity index (χ3v) is 5.49. The second kappa shape index (κ2) is 8.57. The molecule has 2 aliphatic rings. The molecule has 4 rings (SSSR count). The molecule has 0 radical (unpaired) electrons. The van der Waals surface area contributed by atoms with Gasteiger partial charge < -0.3 is 14.5 Å². The van der Waals surface area contributed by atoms with E-state index in [-0.39, 0.29) is 17.6 Å². The van der Waals surface area contributed by atoms with E-state index in [1.807, 2.05) is 48.5 Å². The molecule has 0 N–H and O–H groups in total.